The van der Waals surface area contributed by atoms with Crippen LogP contribution < -0.4 is 0 Å². The molecule has 0 aromatic carbocycles. The van der Waals surface area contributed by atoms with E-state index in [-0.39, 0.29) is 18.0 Å². The largest absolute Gasteiger partial charge is 0.462 e. The number of cyclic esters (lactones) is 1. The summed E-state index contributed by atoms with van der Waals surface area (Å²) < 4.78 is 5.04. The predicted octanol–water partition coefficient (Wildman–Crippen LogP) is 1.70. The maximum Gasteiger partial charge on any atom is 0.306 e. The summed E-state index contributed by atoms with van der Waals surface area (Å²) in [5.41, 5.74) is 0. The zero-order valence-electron chi connectivity index (χ0n) is 7.99. The Kier molecular flexibility index (Phi) is 3.93. The maximum absolute atomic E-state index is 10.8. The van der Waals surface area contributed by atoms with Gasteiger partial charge in [0.25, 0.3) is 0 Å². The number of rotatable bonds is 5. The molecule has 0 aliphatic carbocycles. The van der Waals surface area contributed by atoms with E-state index in [2.05, 4.69) is 6.92 Å². The first-order valence-electron chi connectivity index (χ1n) is 4.92. The highest BCUT2D eigenvalue weighted by atomic mass is 16.5. The van der Waals surface area contributed by atoms with Gasteiger partial charge < -0.3 is 9.53 Å². The van der Waals surface area contributed by atoms with Gasteiger partial charge in [-0.05, 0) is 12.8 Å². The van der Waals surface area contributed by atoms with Crippen molar-refractivity contribution in [3.63, 3.8) is 0 Å². The van der Waals surface area contributed by atoms with Crippen molar-refractivity contribution in [2.24, 2.45) is 5.92 Å². The molecule has 3 nitrogen and oxygen atoms in total. The normalized spacial score (nSPS) is 24.1. The van der Waals surface area contributed by atoms with E-state index in [0.717, 1.165) is 25.5 Å². The van der Waals surface area contributed by atoms with Crippen LogP contribution in [-0.2, 0) is 14.3 Å². The number of ether oxygens (including phenoxy) is 1. The van der Waals surface area contributed by atoms with E-state index in [9.17, 15) is 9.59 Å². The summed E-state index contributed by atoms with van der Waals surface area (Å²) in [5, 5.41) is 0. The third kappa shape index (κ3) is 2.83. The Morgan fingerprint density at radius 3 is 2.92 bits per heavy atom. The first-order chi connectivity index (χ1) is 6.27. The fourth-order valence-electron chi connectivity index (χ4n) is 1.63. The highest BCUT2D eigenvalue weighted by molar-refractivity contribution is 5.72. The maximum atomic E-state index is 10.8. The Morgan fingerprint density at radius 2 is 2.46 bits per heavy atom. The summed E-state index contributed by atoms with van der Waals surface area (Å²) in [6.45, 7) is 2.09. The summed E-state index contributed by atoms with van der Waals surface area (Å²) in [4.78, 5) is 21.5. The van der Waals surface area contributed by atoms with Gasteiger partial charge >= 0.3 is 5.97 Å². The van der Waals surface area contributed by atoms with E-state index in [1.54, 1.807) is 0 Å². The van der Waals surface area contributed by atoms with Crippen molar-refractivity contribution in [1.29, 1.82) is 0 Å². The lowest BCUT2D eigenvalue weighted by atomic mass is 9.96. The molecule has 1 saturated heterocycles. The number of carbonyl (C=O) groups is 2. The van der Waals surface area contributed by atoms with Crippen LogP contribution >= 0.6 is 0 Å². The zero-order chi connectivity index (χ0) is 9.68. The molecule has 2 atom stereocenters. The van der Waals surface area contributed by atoms with Crippen LogP contribution in [0.4, 0.5) is 0 Å². The van der Waals surface area contributed by atoms with Crippen molar-refractivity contribution in [2.75, 3.05) is 0 Å². The molecule has 74 valence electrons. The molecule has 1 heterocycles. The Bertz CT molecular complexity index is 189. The molecule has 0 spiro atoms. The zero-order valence-corrected chi connectivity index (χ0v) is 7.99. The third-order valence-electron chi connectivity index (χ3n) is 2.46. The molecule has 1 aliphatic heterocycles. The second-order valence-corrected chi connectivity index (χ2v) is 3.51. The van der Waals surface area contributed by atoms with Crippen LogP contribution in [0.5, 0.6) is 0 Å². The number of carbonyl (C=O) groups excluding carboxylic acids is 2. The first-order valence-corrected chi connectivity index (χ1v) is 4.92. The van der Waals surface area contributed by atoms with Crippen molar-refractivity contribution in [3.05, 3.63) is 0 Å². The fraction of sp³-hybridized carbons (Fsp3) is 0.800. The summed E-state index contributed by atoms with van der Waals surface area (Å²) in [6, 6.07) is 0. The molecule has 13 heavy (non-hydrogen) atoms. The van der Waals surface area contributed by atoms with Crippen LogP contribution in [0.2, 0.25) is 0 Å². The van der Waals surface area contributed by atoms with Gasteiger partial charge in [-0.2, -0.15) is 0 Å². The van der Waals surface area contributed by atoms with E-state index < -0.39 is 0 Å². The molecule has 0 N–H and O–H groups in total. The molecular formula is C10H16O3. The minimum Gasteiger partial charge on any atom is -0.462 e. The van der Waals surface area contributed by atoms with Gasteiger partial charge in [-0.15, -0.1) is 0 Å². The molecule has 0 saturated carbocycles. The fourth-order valence-corrected chi connectivity index (χ4v) is 1.63. The molecular weight excluding hydrogens is 168 g/mol. The molecule has 1 aliphatic rings. The van der Waals surface area contributed by atoms with Crippen LogP contribution in [0, 0.1) is 5.92 Å². The highest BCUT2D eigenvalue weighted by Gasteiger charge is 2.30. The summed E-state index contributed by atoms with van der Waals surface area (Å²) in [6.07, 6.45) is 4.92. The Balaban J connectivity index is 2.37. The van der Waals surface area contributed by atoms with Crippen molar-refractivity contribution in [2.45, 2.75) is 45.1 Å². The van der Waals surface area contributed by atoms with Crippen molar-refractivity contribution >= 4 is 12.3 Å². The molecule has 3 heteroatoms. The van der Waals surface area contributed by atoms with Crippen molar-refractivity contribution in [3.8, 4) is 0 Å². The smallest absolute Gasteiger partial charge is 0.306 e. The van der Waals surface area contributed by atoms with Crippen LogP contribution in [0.3, 0.4) is 0 Å². The lowest BCUT2D eigenvalue weighted by Crippen LogP contribution is -2.21. The lowest BCUT2D eigenvalue weighted by molar-refractivity contribution is -0.143. The van der Waals surface area contributed by atoms with E-state index in [4.69, 9.17) is 4.74 Å². The van der Waals surface area contributed by atoms with E-state index >= 15 is 0 Å². The van der Waals surface area contributed by atoms with Crippen LogP contribution in [0.25, 0.3) is 0 Å². The number of unbranched alkanes of at least 4 members (excludes halogenated alkanes) is 1. The van der Waals surface area contributed by atoms with Gasteiger partial charge in [0.2, 0.25) is 0 Å². The second-order valence-electron chi connectivity index (χ2n) is 3.51. The SMILES string of the molecule is CCCCC(C=O)C1CCC(=O)O1. The molecule has 0 aromatic heterocycles. The van der Waals surface area contributed by atoms with Gasteiger partial charge in [0, 0.05) is 6.42 Å². The summed E-state index contributed by atoms with van der Waals surface area (Å²) in [5.74, 6) is -0.236. The van der Waals surface area contributed by atoms with Crippen molar-refractivity contribution < 1.29 is 14.3 Å². The number of hydrogen-bond donors (Lipinski definition) is 0. The monoisotopic (exact) mass is 184 g/mol. The van der Waals surface area contributed by atoms with Crippen LogP contribution in [0.15, 0.2) is 0 Å². The molecule has 2 unspecified atom stereocenters. The molecule has 0 aromatic rings. The Labute approximate surface area is 78.5 Å². The van der Waals surface area contributed by atoms with Gasteiger partial charge in [0.15, 0.2) is 0 Å². The summed E-state index contributed by atoms with van der Waals surface area (Å²) in [7, 11) is 0. The topological polar surface area (TPSA) is 43.4 Å². The average molecular weight is 184 g/mol. The molecule has 1 fully saturated rings. The molecule has 0 amide bonds. The average Bonchev–Trinajstić information content (AvgIpc) is 2.54. The number of hydrogen-bond acceptors (Lipinski definition) is 3. The highest BCUT2D eigenvalue weighted by Crippen LogP contribution is 2.23. The quantitative estimate of drug-likeness (QED) is 0.482. The van der Waals surface area contributed by atoms with Gasteiger partial charge in [-0.3, -0.25) is 4.79 Å². The van der Waals surface area contributed by atoms with E-state index in [0.29, 0.717) is 12.8 Å². The van der Waals surface area contributed by atoms with Gasteiger partial charge in [-0.25, -0.2) is 0 Å². The van der Waals surface area contributed by atoms with Crippen molar-refractivity contribution in [1.82, 2.24) is 0 Å². The predicted molar refractivity (Wildman–Crippen MR) is 48.2 cm³/mol. The van der Waals surface area contributed by atoms with Gasteiger partial charge in [0.05, 0.1) is 5.92 Å². The standard InChI is InChI=1S/C10H16O3/c1-2-3-4-8(7-11)9-5-6-10(12)13-9/h7-9H,2-6H2,1H3. The molecule has 1 rings (SSSR count). The first kappa shape index (κ1) is 10.2. The molecule has 0 radical (unpaired) electrons. The minimum atomic E-state index is -0.159. The minimum absolute atomic E-state index is 0.0774. The van der Waals surface area contributed by atoms with Gasteiger partial charge in [-0.1, -0.05) is 19.8 Å². The molecule has 0 bridgehead atoms. The lowest BCUT2D eigenvalue weighted by Gasteiger charge is -2.15. The van der Waals surface area contributed by atoms with Crippen LogP contribution in [0.1, 0.15) is 39.0 Å². The van der Waals surface area contributed by atoms with E-state index in [1.807, 2.05) is 0 Å². The van der Waals surface area contributed by atoms with Gasteiger partial charge in [0.1, 0.15) is 12.4 Å². The Morgan fingerprint density at radius 1 is 1.69 bits per heavy atom. The van der Waals surface area contributed by atoms with Crippen LogP contribution in [-0.4, -0.2) is 18.4 Å². The second kappa shape index (κ2) is 5.00. The summed E-state index contributed by atoms with van der Waals surface area (Å²) >= 11 is 0. The van der Waals surface area contributed by atoms with E-state index in [1.165, 1.54) is 0 Å². The number of aldehydes is 1. The number of esters is 1. The third-order valence-corrected chi connectivity index (χ3v) is 2.46. The Hall–Kier alpha value is -0.860.